The molecule has 3 heterocycles. The van der Waals surface area contributed by atoms with Crippen molar-refractivity contribution in [3.8, 4) is 5.75 Å². The lowest BCUT2D eigenvalue weighted by Gasteiger charge is -2.29. The number of quaternary nitrogens is 2. The van der Waals surface area contributed by atoms with Crippen LogP contribution in [0.3, 0.4) is 0 Å². The molecule has 1 saturated heterocycles. The van der Waals surface area contributed by atoms with Gasteiger partial charge in [0.25, 0.3) is 5.56 Å². The van der Waals surface area contributed by atoms with Crippen molar-refractivity contribution in [3.05, 3.63) is 56.7 Å². The summed E-state index contributed by atoms with van der Waals surface area (Å²) in [6.45, 7) is 7.38. The van der Waals surface area contributed by atoms with E-state index in [-0.39, 0.29) is 11.4 Å². The number of halogens is 1. The molecule has 1 aliphatic rings. The summed E-state index contributed by atoms with van der Waals surface area (Å²) in [7, 11) is 1.62. The number of piperazine rings is 1. The Kier molecular flexibility index (Phi) is 5.38. The summed E-state index contributed by atoms with van der Waals surface area (Å²) in [5, 5.41) is 5.37. The van der Waals surface area contributed by atoms with Crippen molar-refractivity contribution >= 4 is 16.3 Å². The van der Waals surface area contributed by atoms with Crippen LogP contribution in [0.1, 0.15) is 16.3 Å². The highest BCUT2D eigenvalue weighted by atomic mass is 32.1. The van der Waals surface area contributed by atoms with E-state index in [0.717, 1.165) is 61.3 Å². The molecule has 9 heteroatoms. The van der Waals surface area contributed by atoms with Crippen molar-refractivity contribution in [2.45, 2.75) is 20.0 Å². The molecule has 0 aliphatic carbocycles. The number of benzene rings is 1. The Bertz CT molecular complexity index is 1040. The largest absolute Gasteiger partial charge is 0.496 e. The Labute approximate surface area is 166 Å². The van der Waals surface area contributed by atoms with E-state index in [1.165, 1.54) is 37.8 Å². The molecule has 0 spiro atoms. The molecule has 0 bridgehead atoms. The van der Waals surface area contributed by atoms with Gasteiger partial charge in [-0.05, 0) is 25.1 Å². The van der Waals surface area contributed by atoms with Crippen LogP contribution in [0.2, 0.25) is 0 Å². The van der Waals surface area contributed by atoms with Gasteiger partial charge in [0, 0.05) is 11.8 Å². The predicted octanol–water partition coefficient (Wildman–Crippen LogP) is -0.909. The quantitative estimate of drug-likeness (QED) is 0.577. The van der Waals surface area contributed by atoms with E-state index in [4.69, 9.17) is 4.74 Å². The normalized spacial score (nSPS) is 19.8. The molecule has 0 saturated carbocycles. The topological polar surface area (TPSA) is 65.4 Å². The van der Waals surface area contributed by atoms with E-state index in [2.05, 4.69) is 10.1 Å². The van der Waals surface area contributed by atoms with Gasteiger partial charge < -0.3 is 14.5 Å². The SMILES string of the molecule is COc1ccc(F)cc1C[NH+]1CC[NH+](Cc2nn3c(=O)cc(C)nc3s2)CC1. The maximum Gasteiger partial charge on any atom is 0.275 e. The van der Waals surface area contributed by atoms with Crippen molar-refractivity contribution in [1.29, 1.82) is 0 Å². The van der Waals surface area contributed by atoms with Gasteiger partial charge in [-0.15, -0.1) is 0 Å². The molecule has 1 fully saturated rings. The van der Waals surface area contributed by atoms with Gasteiger partial charge >= 0.3 is 0 Å². The van der Waals surface area contributed by atoms with Gasteiger partial charge in [0.1, 0.15) is 50.8 Å². The lowest BCUT2D eigenvalue weighted by molar-refractivity contribution is -1.02. The maximum atomic E-state index is 13.6. The highest BCUT2D eigenvalue weighted by molar-refractivity contribution is 7.16. The molecule has 0 amide bonds. The third kappa shape index (κ3) is 4.06. The molecule has 4 rings (SSSR count). The zero-order chi connectivity index (χ0) is 19.7. The van der Waals surface area contributed by atoms with Crippen LogP contribution in [-0.2, 0) is 13.1 Å². The van der Waals surface area contributed by atoms with Crippen LogP contribution in [0.15, 0.2) is 29.1 Å². The first-order valence-corrected chi connectivity index (χ1v) is 10.2. The Morgan fingerprint density at radius 2 is 1.89 bits per heavy atom. The monoisotopic (exact) mass is 405 g/mol. The first-order chi connectivity index (χ1) is 13.5. The molecule has 148 valence electrons. The van der Waals surface area contributed by atoms with Gasteiger partial charge in [0.15, 0.2) is 5.01 Å². The number of aryl methyl sites for hydroxylation is 1. The predicted molar refractivity (Wildman–Crippen MR) is 104 cm³/mol. The summed E-state index contributed by atoms with van der Waals surface area (Å²) in [6, 6.07) is 6.20. The first kappa shape index (κ1) is 19.0. The fourth-order valence-electron chi connectivity index (χ4n) is 3.71. The number of rotatable bonds is 5. The van der Waals surface area contributed by atoms with Gasteiger partial charge in [0.2, 0.25) is 4.96 Å². The second-order valence-electron chi connectivity index (χ2n) is 7.24. The Morgan fingerprint density at radius 3 is 2.61 bits per heavy atom. The van der Waals surface area contributed by atoms with Crippen LogP contribution in [0, 0.1) is 12.7 Å². The molecule has 2 aromatic heterocycles. The average Bonchev–Trinajstić information content (AvgIpc) is 3.06. The van der Waals surface area contributed by atoms with E-state index < -0.39 is 0 Å². The third-order valence-electron chi connectivity index (χ3n) is 5.16. The molecule has 28 heavy (non-hydrogen) atoms. The van der Waals surface area contributed by atoms with E-state index in [9.17, 15) is 9.18 Å². The Balaban J connectivity index is 1.38. The molecule has 1 aromatic carbocycles. The fourth-order valence-corrected chi connectivity index (χ4v) is 4.73. The average molecular weight is 405 g/mol. The first-order valence-electron chi connectivity index (χ1n) is 9.38. The second kappa shape index (κ2) is 7.94. The minimum absolute atomic E-state index is 0.127. The van der Waals surface area contributed by atoms with Crippen LogP contribution >= 0.6 is 11.3 Å². The molecule has 1 aliphatic heterocycles. The number of methoxy groups -OCH3 is 1. The number of fused-ring (bicyclic) bond motifs is 1. The van der Waals surface area contributed by atoms with Crippen LogP contribution in [0.4, 0.5) is 4.39 Å². The lowest BCUT2D eigenvalue weighted by atomic mass is 10.1. The van der Waals surface area contributed by atoms with Crippen LogP contribution in [0.5, 0.6) is 5.75 Å². The number of hydrogen-bond donors (Lipinski definition) is 2. The number of aromatic nitrogens is 3. The molecule has 7 nitrogen and oxygen atoms in total. The maximum absolute atomic E-state index is 13.6. The van der Waals surface area contributed by atoms with Gasteiger partial charge in [-0.25, -0.2) is 9.37 Å². The molecule has 0 radical (unpaired) electrons. The fraction of sp³-hybridized carbons (Fsp3) is 0.421. The van der Waals surface area contributed by atoms with Crippen molar-refractivity contribution in [2.75, 3.05) is 33.3 Å². The number of hydrogen-bond acceptors (Lipinski definition) is 5. The van der Waals surface area contributed by atoms with Gasteiger partial charge in [-0.3, -0.25) is 4.79 Å². The minimum Gasteiger partial charge on any atom is -0.496 e. The smallest absolute Gasteiger partial charge is 0.275 e. The molecular weight excluding hydrogens is 381 g/mol. The zero-order valence-electron chi connectivity index (χ0n) is 16.0. The van der Waals surface area contributed by atoms with Gasteiger partial charge in [-0.2, -0.15) is 9.61 Å². The van der Waals surface area contributed by atoms with E-state index in [1.54, 1.807) is 19.2 Å². The molecule has 3 aromatic rings. The standard InChI is InChI=1S/C19H22FN5O2S/c1-13-9-18(26)25-19(21-13)28-17(22-25)12-24-7-5-23(6-8-24)11-14-10-15(20)3-4-16(14)27-2/h3-4,9-10H,5-8,11-12H2,1-2H3/p+2. The van der Waals surface area contributed by atoms with E-state index in [0.29, 0.717) is 4.96 Å². The molecule has 0 unspecified atom stereocenters. The van der Waals surface area contributed by atoms with Crippen molar-refractivity contribution in [2.24, 2.45) is 0 Å². The summed E-state index contributed by atoms with van der Waals surface area (Å²) in [4.78, 5) is 19.9. The zero-order valence-corrected chi connectivity index (χ0v) is 16.8. The number of ether oxygens (including phenoxy) is 1. The van der Waals surface area contributed by atoms with Crippen LogP contribution < -0.4 is 20.1 Å². The van der Waals surface area contributed by atoms with E-state index >= 15 is 0 Å². The summed E-state index contributed by atoms with van der Waals surface area (Å²) in [6.07, 6.45) is 0. The summed E-state index contributed by atoms with van der Waals surface area (Å²) in [5.74, 6) is 0.515. The molecule has 0 atom stereocenters. The van der Waals surface area contributed by atoms with Crippen LogP contribution in [-0.4, -0.2) is 47.9 Å². The Hall–Kier alpha value is -2.36. The van der Waals surface area contributed by atoms with E-state index in [1.807, 2.05) is 6.92 Å². The highest BCUT2D eigenvalue weighted by Crippen LogP contribution is 2.18. The van der Waals surface area contributed by atoms with Crippen molar-refractivity contribution in [1.82, 2.24) is 14.6 Å². The van der Waals surface area contributed by atoms with Crippen molar-refractivity contribution in [3.63, 3.8) is 0 Å². The third-order valence-corrected chi connectivity index (χ3v) is 6.07. The summed E-state index contributed by atoms with van der Waals surface area (Å²) < 4.78 is 20.3. The summed E-state index contributed by atoms with van der Waals surface area (Å²) >= 11 is 1.48. The summed E-state index contributed by atoms with van der Waals surface area (Å²) in [5.41, 5.74) is 1.50. The van der Waals surface area contributed by atoms with Gasteiger partial charge in [0.05, 0.1) is 12.7 Å². The second-order valence-corrected chi connectivity index (χ2v) is 8.28. The number of nitrogens with one attached hydrogen (secondary N) is 2. The van der Waals surface area contributed by atoms with Gasteiger partial charge in [-0.1, -0.05) is 11.3 Å². The van der Waals surface area contributed by atoms with Crippen molar-refractivity contribution < 1.29 is 18.9 Å². The molecule has 2 N–H and O–H groups in total. The highest BCUT2D eigenvalue weighted by Gasteiger charge is 2.25. The number of nitrogens with zero attached hydrogens (tertiary/aromatic N) is 3. The van der Waals surface area contributed by atoms with Crippen LogP contribution in [0.25, 0.3) is 4.96 Å². The Morgan fingerprint density at radius 1 is 1.18 bits per heavy atom. The lowest BCUT2D eigenvalue weighted by Crippen LogP contribution is -3.27. The molecular formula is C19H24FN5O2S+2. The minimum atomic E-state index is -0.227.